The summed E-state index contributed by atoms with van der Waals surface area (Å²) in [4.78, 5) is 0. The van der Waals surface area contributed by atoms with Crippen molar-refractivity contribution in [2.75, 3.05) is 5.33 Å². The molecule has 4 N–H and O–H groups in total. The van der Waals surface area contributed by atoms with Crippen molar-refractivity contribution in [2.45, 2.75) is 19.1 Å². The second kappa shape index (κ2) is 4.83. The minimum Gasteiger partial charge on any atom is -0.508 e. The van der Waals surface area contributed by atoms with Gasteiger partial charge in [-0.1, -0.05) is 15.9 Å². The van der Waals surface area contributed by atoms with Crippen molar-refractivity contribution >= 4 is 15.9 Å². The lowest BCUT2D eigenvalue weighted by molar-refractivity contribution is 0.0327. The summed E-state index contributed by atoms with van der Waals surface area (Å²) in [6.45, 7) is 1.53. The summed E-state index contributed by atoms with van der Waals surface area (Å²) in [5.74, 6) is -0.237. The van der Waals surface area contributed by atoms with E-state index in [0.29, 0.717) is 0 Å². The highest BCUT2D eigenvalue weighted by atomic mass is 79.9. The van der Waals surface area contributed by atoms with Crippen LogP contribution in [0.5, 0.6) is 11.5 Å². The first-order chi connectivity index (χ1) is 6.99. The van der Waals surface area contributed by atoms with Crippen LogP contribution in [0.15, 0.2) is 12.1 Å². The third kappa shape index (κ3) is 2.42. The highest BCUT2D eigenvalue weighted by molar-refractivity contribution is 9.09. The Morgan fingerprint density at radius 2 is 1.87 bits per heavy atom. The number of alkyl halides is 1. The Morgan fingerprint density at radius 3 is 2.40 bits per heavy atom. The fourth-order valence-electron chi connectivity index (χ4n) is 1.24. The molecule has 1 rings (SSSR count). The van der Waals surface area contributed by atoms with E-state index in [2.05, 4.69) is 15.9 Å². The van der Waals surface area contributed by atoms with Crippen molar-refractivity contribution in [3.05, 3.63) is 23.3 Å². The molecule has 1 aromatic rings. The van der Waals surface area contributed by atoms with Gasteiger partial charge in [-0.3, -0.25) is 0 Å². The van der Waals surface area contributed by atoms with Crippen LogP contribution < -0.4 is 0 Å². The number of hydrogen-bond donors (Lipinski definition) is 4. The van der Waals surface area contributed by atoms with E-state index in [1.54, 1.807) is 0 Å². The summed E-state index contributed by atoms with van der Waals surface area (Å²) in [5.41, 5.74) is 0.491. The van der Waals surface area contributed by atoms with Gasteiger partial charge in [0.25, 0.3) is 0 Å². The van der Waals surface area contributed by atoms with Crippen LogP contribution >= 0.6 is 15.9 Å². The van der Waals surface area contributed by atoms with E-state index in [1.165, 1.54) is 19.1 Å². The van der Waals surface area contributed by atoms with Crippen LogP contribution in [-0.2, 0) is 0 Å². The third-order valence-electron chi connectivity index (χ3n) is 2.27. The van der Waals surface area contributed by atoms with Crippen LogP contribution in [0.3, 0.4) is 0 Å². The van der Waals surface area contributed by atoms with Gasteiger partial charge in [-0.15, -0.1) is 0 Å². The van der Waals surface area contributed by atoms with Gasteiger partial charge >= 0.3 is 0 Å². The molecule has 0 saturated carbocycles. The second-order valence-corrected chi connectivity index (χ2v) is 3.96. The van der Waals surface area contributed by atoms with E-state index in [-0.39, 0.29) is 28.0 Å². The summed E-state index contributed by atoms with van der Waals surface area (Å²) in [7, 11) is 0. The van der Waals surface area contributed by atoms with Crippen LogP contribution in [0, 0.1) is 6.92 Å². The van der Waals surface area contributed by atoms with Gasteiger partial charge in [0.15, 0.2) is 0 Å². The molecule has 1 aromatic carbocycles. The minimum atomic E-state index is -1.18. The van der Waals surface area contributed by atoms with Crippen molar-refractivity contribution in [1.82, 2.24) is 0 Å². The summed E-state index contributed by atoms with van der Waals surface area (Å²) in [6, 6.07) is 2.75. The lowest BCUT2D eigenvalue weighted by Gasteiger charge is -2.18. The van der Waals surface area contributed by atoms with E-state index in [9.17, 15) is 20.4 Å². The number of aliphatic hydroxyl groups excluding tert-OH is 2. The number of benzene rings is 1. The normalized spacial score (nSPS) is 14.9. The number of hydrogen-bond acceptors (Lipinski definition) is 4. The number of rotatable bonds is 3. The van der Waals surface area contributed by atoms with Crippen LogP contribution in [0.2, 0.25) is 0 Å². The molecule has 0 amide bonds. The Morgan fingerprint density at radius 1 is 1.27 bits per heavy atom. The molecule has 15 heavy (non-hydrogen) atoms. The molecule has 0 heterocycles. The maximum Gasteiger partial charge on any atom is 0.128 e. The van der Waals surface area contributed by atoms with Gasteiger partial charge in [0, 0.05) is 16.5 Å². The SMILES string of the molecule is Cc1c(O)ccc(C(O)C(O)CBr)c1O. The average Bonchev–Trinajstić information content (AvgIpc) is 2.24. The Bertz CT molecular complexity index is 354. The van der Waals surface area contributed by atoms with Gasteiger partial charge in [-0.2, -0.15) is 0 Å². The molecular weight excluding hydrogens is 264 g/mol. The highest BCUT2D eigenvalue weighted by Gasteiger charge is 2.21. The summed E-state index contributed by atoms with van der Waals surface area (Å²) in [6.07, 6.45) is -2.18. The first-order valence-corrected chi connectivity index (χ1v) is 5.54. The Kier molecular flexibility index (Phi) is 3.96. The third-order valence-corrected chi connectivity index (χ3v) is 2.94. The van der Waals surface area contributed by atoms with Gasteiger partial charge in [-0.05, 0) is 19.1 Å². The van der Waals surface area contributed by atoms with Gasteiger partial charge in [-0.25, -0.2) is 0 Å². The van der Waals surface area contributed by atoms with Crippen LogP contribution in [0.4, 0.5) is 0 Å². The summed E-state index contributed by atoms with van der Waals surface area (Å²) >= 11 is 3.03. The lowest BCUT2D eigenvalue weighted by atomic mass is 10.0. The number of phenols is 2. The zero-order chi connectivity index (χ0) is 11.6. The molecule has 0 aliphatic carbocycles. The van der Waals surface area contributed by atoms with Crippen molar-refractivity contribution < 1.29 is 20.4 Å². The monoisotopic (exact) mass is 276 g/mol. The first-order valence-electron chi connectivity index (χ1n) is 4.42. The van der Waals surface area contributed by atoms with E-state index in [4.69, 9.17) is 0 Å². The molecule has 0 aliphatic heterocycles. The molecule has 0 aromatic heterocycles. The van der Waals surface area contributed by atoms with E-state index in [1.807, 2.05) is 0 Å². The Labute approximate surface area is 95.9 Å². The molecule has 0 radical (unpaired) electrons. The van der Waals surface area contributed by atoms with E-state index < -0.39 is 12.2 Å². The molecule has 0 bridgehead atoms. The maximum absolute atomic E-state index is 9.66. The summed E-state index contributed by atoms with van der Waals surface area (Å²) < 4.78 is 0. The number of halogens is 1. The van der Waals surface area contributed by atoms with E-state index in [0.717, 1.165) is 0 Å². The Hall–Kier alpha value is -0.780. The van der Waals surface area contributed by atoms with Crippen molar-refractivity contribution in [1.29, 1.82) is 0 Å². The average molecular weight is 277 g/mol. The van der Waals surface area contributed by atoms with Gasteiger partial charge in [0.2, 0.25) is 0 Å². The molecular formula is C10H13BrO4. The molecule has 0 aliphatic rings. The van der Waals surface area contributed by atoms with Crippen LogP contribution in [-0.4, -0.2) is 31.9 Å². The fraction of sp³-hybridized carbons (Fsp3) is 0.400. The number of aliphatic hydroxyl groups is 2. The molecule has 0 fully saturated rings. The maximum atomic E-state index is 9.66. The van der Waals surface area contributed by atoms with Gasteiger partial charge in [0.05, 0.1) is 6.10 Å². The molecule has 5 heteroatoms. The zero-order valence-corrected chi connectivity index (χ0v) is 9.77. The smallest absolute Gasteiger partial charge is 0.128 e. The lowest BCUT2D eigenvalue weighted by Crippen LogP contribution is -2.19. The molecule has 4 nitrogen and oxygen atoms in total. The Balaban J connectivity index is 3.10. The predicted molar refractivity (Wildman–Crippen MR) is 59.3 cm³/mol. The molecule has 0 spiro atoms. The second-order valence-electron chi connectivity index (χ2n) is 3.31. The molecule has 84 valence electrons. The topological polar surface area (TPSA) is 80.9 Å². The van der Waals surface area contributed by atoms with Crippen LogP contribution in [0.25, 0.3) is 0 Å². The quantitative estimate of drug-likeness (QED) is 0.626. The van der Waals surface area contributed by atoms with Crippen molar-refractivity contribution in [2.24, 2.45) is 0 Å². The van der Waals surface area contributed by atoms with Crippen molar-refractivity contribution in [3.63, 3.8) is 0 Å². The standard InChI is InChI=1S/C10H13BrO4/c1-5-7(12)3-2-6(9(5)14)10(15)8(13)4-11/h2-3,8,10,12-15H,4H2,1H3. The largest absolute Gasteiger partial charge is 0.508 e. The zero-order valence-electron chi connectivity index (χ0n) is 8.18. The summed E-state index contributed by atoms with van der Waals surface area (Å²) in [5, 5.41) is 38.2. The van der Waals surface area contributed by atoms with Crippen molar-refractivity contribution in [3.8, 4) is 11.5 Å². The molecule has 2 atom stereocenters. The first kappa shape index (κ1) is 12.3. The number of aromatic hydroxyl groups is 2. The van der Waals surface area contributed by atoms with Gasteiger partial charge in [0.1, 0.15) is 17.6 Å². The van der Waals surface area contributed by atoms with Gasteiger partial charge < -0.3 is 20.4 Å². The minimum absolute atomic E-state index is 0.0446. The molecule has 2 unspecified atom stereocenters. The van der Waals surface area contributed by atoms with Crippen LogP contribution in [0.1, 0.15) is 17.2 Å². The molecule has 0 saturated heterocycles. The number of phenolic OH excluding ortho intramolecular Hbond substituents is 2. The predicted octanol–water partition coefficient (Wildman–Crippen LogP) is 1.20. The van der Waals surface area contributed by atoms with E-state index >= 15 is 0 Å². The highest BCUT2D eigenvalue weighted by Crippen LogP contribution is 2.34. The fourth-order valence-corrected chi connectivity index (χ4v) is 1.59.